The van der Waals surface area contributed by atoms with Crippen molar-refractivity contribution in [1.29, 1.82) is 0 Å². The van der Waals surface area contributed by atoms with Crippen molar-refractivity contribution in [2.24, 2.45) is 0 Å². The SMILES string of the molecule is COc1ccc2c(c1CNC(=O)c1ccc(C)cc1)N(C)CN2. The standard InChI is InChI=1S/C18H21N3O2/c1-12-4-6-13(7-5-12)18(22)19-10-14-16(23-3)9-8-15-17(14)21(2)11-20-15/h4-9,20H,10-11H2,1-3H3,(H,19,22). The normalized spacial score (nSPS) is 12.6. The maximum atomic E-state index is 12.3. The van der Waals surface area contributed by atoms with E-state index in [-0.39, 0.29) is 5.91 Å². The van der Waals surface area contributed by atoms with Gasteiger partial charge in [-0.05, 0) is 31.2 Å². The summed E-state index contributed by atoms with van der Waals surface area (Å²) in [5.74, 6) is 0.696. The van der Waals surface area contributed by atoms with Gasteiger partial charge in [-0.2, -0.15) is 0 Å². The molecular formula is C18H21N3O2. The third-order valence-corrected chi connectivity index (χ3v) is 4.09. The number of ether oxygens (including phenoxy) is 1. The number of carbonyl (C=O) groups is 1. The average Bonchev–Trinajstić information content (AvgIpc) is 2.94. The van der Waals surface area contributed by atoms with Gasteiger partial charge in [-0.1, -0.05) is 17.7 Å². The quantitative estimate of drug-likeness (QED) is 0.911. The molecule has 5 nitrogen and oxygen atoms in total. The lowest BCUT2D eigenvalue weighted by Gasteiger charge is -2.18. The monoisotopic (exact) mass is 311 g/mol. The Labute approximate surface area is 136 Å². The summed E-state index contributed by atoms with van der Waals surface area (Å²) in [6.45, 7) is 3.18. The number of nitrogens with one attached hydrogen (secondary N) is 2. The molecule has 0 atom stereocenters. The molecular weight excluding hydrogens is 290 g/mol. The molecule has 0 fully saturated rings. The molecule has 0 saturated heterocycles. The van der Waals surface area contributed by atoms with Crippen molar-refractivity contribution < 1.29 is 9.53 Å². The van der Waals surface area contributed by atoms with Crippen molar-refractivity contribution in [1.82, 2.24) is 5.32 Å². The van der Waals surface area contributed by atoms with Gasteiger partial charge in [0, 0.05) is 24.7 Å². The first-order valence-corrected chi connectivity index (χ1v) is 7.60. The third-order valence-electron chi connectivity index (χ3n) is 4.09. The number of hydrogen-bond donors (Lipinski definition) is 2. The lowest BCUT2D eigenvalue weighted by atomic mass is 10.1. The van der Waals surface area contributed by atoms with Crippen LogP contribution in [0.3, 0.4) is 0 Å². The fraction of sp³-hybridized carbons (Fsp3) is 0.278. The summed E-state index contributed by atoms with van der Waals surface area (Å²) in [7, 11) is 3.67. The summed E-state index contributed by atoms with van der Waals surface area (Å²) < 4.78 is 5.47. The number of carbonyl (C=O) groups excluding carboxylic acids is 1. The summed E-state index contributed by atoms with van der Waals surface area (Å²) in [4.78, 5) is 14.4. The van der Waals surface area contributed by atoms with Crippen LogP contribution in [0.15, 0.2) is 36.4 Å². The number of amides is 1. The highest BCUT2D eigenvalue weighted by atomic mass is 16.5. The van der Waals surface area contributed by atoms with Crippen LogP contribution in [0.1, 0.15) is 21.5 Å². The summed E-state index contributed by atoms with van der Waals surface area (Å²) in [6, 6.07) is 11.5. The van der Waals surface area contributed by atoms with Crippen LogP contribution >= 0.6 is 0 Å². The van der Waals surface area contributed by atoms with E-state index < -0.39 is 0 Å². The number of nitrogens with zero attached hydrogens (tertiary/aromatic N) is 1. The molecule has 0 saturated carbocycles. The molecule has 0 aromatic heterocycles. The van der Waals surface area contributed by atoms with Crippen molar-refractivity contribution in [3.8, 4) is 5.75 Å². The van der Waals surface area contributed by atoms with Crippen LogP contribution in [0, 0.1) is 6.92 Å². The first-order valence-electron chi connectivity index (χ1n) is 7.60. The van der Waals surface area contributed by atoms with E-state index in [0.717, 1.165) is 34.9 Å². The number of rotatable bonds is 4. The smallest absolute Gasteiger partial charge is 0.251 e. The highest BCUT2D eigenvalue weighted by molar-refractivity contribution is 5.94. The zero-order valence-electron chi connectivity index (χ0n) is 13.6. The molecule has 0 unspecified atom stereocenters. The maximum Gasteiger partial charge on any atom is 0.251 e. The molecule has 1 aliphatic rings. The Morgan fingerprint density at radius 1 is 1.26 bits per heavy atom. The Morgan fingerprint density at radius 3 is 2.70 bits per heavy atom. The minimum Gasteiger partial charge on any atom is -0.496 e. The molecule has 0 bridgehead atoms. The van der Waals surface area contributed by atoms with E-state index in [4.69, 9.17) is 4.74 Å². The van der Waals surface area contributed by atoms with Crippen molar-refractivity contribution >= 4 is 17.3 Å². The van der Waals surface area contributed by atoms with Gasteiger partial charge in [0.25, 0.3) is 5.91 Å². The number of hydrogen-bond acceptors (Lipinski definition) is 4. The molecule has 2 aromatic rings. The molecule has 1 amide bonds. The van der Waals surface area contributed by atoms with Gasteiger partial charge in [0.2, 0.25) is 0 Å². The molecule has 23 heavy (non-hydrogen) atoms. The highest BCUT2D eigenvalue weighted by Crippen LogP contribution is 2.39. The predicted molar refractivity (Wildman–Crippen MR) is 92.2 cm³/mol. The Kier molecular flexibility index (Phi) is 4.10. The molecule has 120 valence electrons. The lowest BCUT2D eigenvalue weighted by molar-refractivity contribution is 0.0951. The zero-order valence-corrected chi connectivity index (χ0v) is 13.6. The number of anilines is 2. The molecule has 1 heterocycles. The minimum absolute atomic E-state index is 0.0849. The van der Waals surface area contributed by atoms with Gasteiger partial charge in [-0.25, -0.2) is 0 Å². The van der Waals surface area contributed by atoms with Gasteiger partial charge in [-0.15, -0.1) is 0 Å². The summed E-state index contributed by atoms with van der Waals surface area (Å²) in [5.41, 5.74) is 4.92. The van der Waals surface area contributed by atoms with Crippen LogP contribution in [0.2, 0.25) is 0 Å². The molecule has 5 heteroatoms. The van der Waals surface area contributed by atoms with E-state index in [9.17, 15) is 4.79 Å². The van der Waals surface area contributed by atoms with Crippen LogP contribution in [0.5, 0.6) is 5.75 Å². The lowest BCUT2D eigenvalue weighted by Crippen LogP contribution is -2.24. The molecule has 2 aromatic carbocycles. The number of methoxy groups -OCH3 is 1. The first-order chi connectivity index (χ1) is 11.1. The van der Waals surface area contributed by atoms with E-state index in [1.165, 1.54) is 0 Å². The topological polar surface area (TPSA) is 53.6 Å². The van der Waals surface area contributed by atoms with Gasteiger partial charge in [0.05, 0.1) is 25.2 Å². The van der Waals surface area contributed by atoms with Gasteiger partial charge < -0.3 is 20.3 Å². The van der Waals surface area contributed by atoms with Crippen molar-refractivity contribution in [2.75, 3.05) is 31.0 Å². The molecule has 3 rings (SSSR count). The van der Waals surface area contributed by atoms with E-state index in [2.05, 4.69) is 15.5 Å². The largest absolute Gasteiger partial charge is 0.496 e. The molecule has 0 radical (unpaired) electrons. The average molecular weight is 311 g/mol. The second-order valence-electron chi connectivity index (χ2n) is 5.72. The number of fused-ring (bicyclic) bond motifs is 1. The van der Waals surface area contributed by atoms with Crippen molar-refractivity contribution in [3.05, 3.63) is 53.1 Å². The van der Waals surface area contributed by atoms with Crippen LogP contribution in [0.4, 0.5) is 11.4 Å². The highest BCUT2D eigenvalue weighted by Gasteiger charge is 2.22. The fourth-order valence-corrected chi connectivity index (χ4v) is 2.82. The van der Waals surface area contributed by atoms with E-state index >= 15 is 0 Å². The Morgan fingerprint density at radius 2 is 2.00 bits per heavy atom. The third kappa shape index (κ3) is 2.95. The van der Waals surface area contributed by atoms with Gasteiger partial charge in [0.15, 0.2) is 0 Å². The fourth-order valence-electron chi connectivity index (χ4n) is 2.82. The van der Waals surface area contributed by atoms with E-state index in [0.29, 0.717) is 12.1 Å². The van der Waals surface area contributed by atoms with Crippen LogP contribution in [-0.2, 0) is 6.54 Å². The Balaban J connectivity index is 1.81. The van der Waals surface area contributed by atoms with Gasteiger partial charge >= 0.3 is 0 Å². The van der Waals surface area contributed by atoms with Crippen molar-refractivity contribution in [2.45, 2.75) is 13.5 Å². The second-order valence-corrected chi connectivity index (χ2v) is 5.72. The summed E-state index contributed by atoms with van der Waals surface area (Å²) in [5, 5.41) is 6.31. The maximum absolute atomic E-state index is 12.3. The number of aryl methyl sites for hydroxylation is 1. The Hall–Kier alpha value is -2.69. The van der Waals surface area contributed by atoms with E-state index in [1.54, 1.807) is 7.11 Å². The predicted octanol–water partition coefficient (Wildman–Crippen LogP) is 2.75. The summed E-state index contributed by atoms with van der Waals surface area (Å²) >= 11 is 0. The zero-order chi connectivity index (χ0) is 16.4. The van der Waals surface area contributed by atoms with E-state index in [1.807, 2.05) is 50.4 Å². The summed E-state index contributed by atoms with van der Waals surface area (Å²) in [6.07, 6.45) is 0. The molecule has 1 aliphatic heterocycles. The molecule has 2 N–H and O–H groups in total. The van der Waals surface area contributed by atoms with Crippen LogP contribution in [0.25, 0.3) is 0 Å². The molecule has 0 aliphatic carbocycles. The molecule has 0 spiro atoms. The van der Waals surface area contributed by atoms with Gasteiger partial charge in [-0.3, -0.25) is 4.79 Å². The van der Waals surface area contributed by atoms with Crippen LogP contribution in [-0.4, -0.2) is 26.7 Å². The second kappa shape index (κ2) is 6.20. The number of benzene rings is 2. The van der Waals surface area contributed by atoms with Crippen molar-refractivity contribution in [3.63, 3.8) is 0 Å². The van der Waals surface area contributed by atoms with Gasteiger partial charge in [0.1, 0.15) is 5.75 Å². The minimum atomic E-state index is -0.0849. The first kappa shape index (κ1) is 15.2. The van der Waals surface area contributed by atoms with Crippen LogP contribution < -0.4 is 20.3 Å². The Bertz CT molecular complexity index is 726.